The lowest BCUT2D eigenvalue weighted by Crippen LogP contribution is -2.47. The smallest absolute Gasteiger partial charge is 0.155 e. The lowest BCUT2D eigenvalue weighted by molar-refractivity contribution is -0.116. The highest BCUT2D eigenvalue weighted by molar-refractivity contribution is 5.91. The van der Waals surface area contributed by atoms with Crippen molar-refractivity contribution in [1.29, 1.82) is 0 Å². The van der Waals surface area contributed by atoms with E-state index in [1.165, 1.54) is 31.3 Å². The average Bonchev–Trinajstić information content (AvgIpc) is 2.84. The first-order chi connectivity index (χ1) is 10.5. The Morgan fingerprint density at radius 2 is 1.91 bits per heavy atom. The zero-order valence-electron chi connectivity index (χ0n) is 14.0. The van der Waals surface area contributed by atoms with Crippen molar-refractivity contribution in [3.05, 3.63) is 11.6 Å². The van der Waals surface area contributed by atoms with Crippen molar-refractivity contribution in [2.75, 3.05) is 0 Å². The third-order valence-electron chi connectivity index (χ3n) is 7.94. The fourth-order valence-electron chi connectivity index (χ4n) is 6.99. The minimum absolute atomic E-state index is 0.300. The van der Waals surface area contributed by atoms with E-state index in [9.17, 15) is 9.90 Å². The van der Waals surface area contributed by atoms with E-state index in [1.807, 2.05) is 13.0 Å². The van der Waals surface area contributed by atoms with E-state index in [0.29, 0.717) is 23.0 Å². The fraction of sp³-hybridized carbons (Fsp3) is 0.850. The maximum Gasteiger partial charge on any atom is 0.155 e. The summed E-state index contributed by atoms with van der Waals surface area (Å²) >= 11 is 0. The molecule has 2 nitrogen and oxygen atoms in total. The second kappa shape index (κ2) is 5.19. The van der Waals surface area contributed by atoms with Crippen LogP contribution in [-0.4, -0.2) is 11.9 Å². The number of hydrogen-bond donors (Lipinski definition) is 0. The monoisotopic (exact) mass is 301 g/mol. The van der Waals surface area contributed by atoms with Gasteiger partial charge in [0.25, 0.3) is 0 Å². The van der Waals surface area contributed by atoms with E-state index in [-0.39, 0.29) is 0 Å². The molecule has 0 aromatic heterocycles. The van der Waals surface area contributed by atoms with Crippen molar-refractivity contribution >= 4 is 5.78 Å². The molecule has 4 aliphatic carbocycles. The first-order valence-electron chi connectivity index (χ1n) is 9.40. The van der Waals surface area contributed by atoms with Crippen molar-refractivity contribution in [2.45, 2.75) is 71.3 Å². The van der Waals surface area contributed by atoms with E-state index in [0.717, 1.165) is 43.4 Å². The van der Waals surface area contributed by atoms with Crippen molar-refractivity contribution < 1.29 is 9.90 Å². The van der Waals surface area contributed by atoms with Gasteiger partial charge in [-0.3, -0.25) is 4.79 Å². The van der Waals surface area contributed by atoms with Crippen LogP contribution in [0.25, 0.3) is 0 Å². The number of fused-ring (bicyclic) bond motifs is 5. The molecule has 121 valence electrons. The van der Waals surface area contributed by atoms with E-state index >= 15 is 0 Å². The maximum atomic E-state index is 12.2. The minimum atomic E-state index is -0.405. The van der Waals surface area contributed by atoms with Gasteiger partial charge in [-0.15, -0.1) is 0 Å². The van der Waals surface area contributed by atoms with Crippen LogP contribution in [0.1, 0.15) is 65.2 Å². The van der Waals surface area contributed by atoms with Gasteiger partial charge in [0.2, 0.25) is 0 Å². The van der Waals surface area contributed by atoms with Crippen LogP contribution in [-0.2, 0) is 9.90 Å². The van der Waals surface area contributed by atoms with E-state index in [4.69, 9.17) is 0 Å². The second-order valence-electron chi connectivity index (χ2n) is 8.74. The highest BCUT2D eigenvalue weighted by Crippen LogP contribution is 2.64. The van der Waals surface area contributed by atoms with Gasteiger partial charge >= 0.3 is 0 Å². The number of ketones is 1. The molecule has 0 amide bonds. The SMILES string of the molecule is CC([O])C1CCC2C3CCC4=CC(=O)CCC4C3CC[C@]12C. The Hall–Kier alpha value is -0.630. The van der Waals surface area contributed by atoms with E-state index < -0.39 is 6.10 Å². The van der Waals surface area contributed by atoms with Crippen molar-refractivity contribution in [3.63, 3.8) is 0 Å². The van der Waals surface area contributed by atoms with Crippen LogP contribution in [0.2, 0.25) is 0 Å². The Labute approximate surface area is 134 Å². The molecule has 0 heterocycles. The van der Waals surface area contributed by atoms with Gasteiger partial charge in [-0.25, -0.2) is 5.11 Å². The van der Waals surface area contributed by atoms with Crippen LogP contribution in [0, 0.1) is 35.0 Å². The molecule has 3 saturated carbocycles. The van der Waals surface area contributed by atoms with Gasteiger partial charge in [-0.2, -0.15) is 0 Å². The lowest BCUT2D eigenvalue weighted by Gasteiger charge is -2.54. The third-order valence-corrected chi connectivity index (χ3v) is 7.94. The second-order valence-corrected chi connectivity index (χ2v) is 8.74. The molecule has 6 unspecified atom stereocenters. The molecule has 4 aliphatic rings. The summed E-state index contributed by atoms with van der Waals surface area (Å²) in [4.78, 5) is 11.7. The summed E-state index contributed by atoms with van der Waals surface area (Å²) in [6.07, 6.45) is 10.8. The van der Waals surface area contributed by atoms with Crippen molar-refractivity contribution in [3.8, 4) is 0 Å². The summed E-state index contributed by atoms with van der Waals surface area (Å²) in [5.74, 6) is 3.82. The number of allylic oxidation sites excluding steroid dienone is 1. The molecule has 7 atom stereocenters. The van der Waals surface area contributed by atoms with Gasteiger partial charge in [0.1, 0.15) is 0 Å². The standard InChI is InChI=1S/C20H29O2/c1-12(21)18-7-8-19-17-5-3-13-11-14(22)4-6-15(13)16(17)9-10-20(18,19)2/h11-12,15-19H,3-10H2,1-2H3/t12?,15?,16?,17?,18?,19?,20-/m1/s1. The molecule has 0 aliphatic heterocycles. The maximum absolute atomic E-state index is 12.2. The number of hydrogen-bond acceptors (Lipinski definition) is 1. The van der Waals surface area contributed by atoms with Crippen LogP contribution in [0.15, 0.2) is 11.6 Å². The Balaban J connectivity index is 1.61. The third kappa shape index (κ3) is 2.06. The molecule has 2 heteroatoms. The van der Waals surface area contributed by atoms with Crippen LogP contribution in [0.4, 0.5) is 0 Å². The van der Waals surface area contributed by atoms with Crippen LogP contribution < -0.4 is 0 Å². The summed E-state index contributed by atoms with van der Waals surface area (Å²) in [5, 5.41) is 12.2. The minimum Gasteiger partial charge on any atom is -0.295 e. The van der Waals surface area contributed by atoms with Crippen molar-refractivity contribution in [2.24, 2.45) is 35.0 Å². The Morgan fingerprint density at radius 1 is 1.09 bits per heavy atom. The average molecular weight is 301 g/mol. The number of carbonyl (C=O) groups excluding carboxylic acids is 1. The van der Waals surface area contributed by atoms with Crippen LogP contribution in [0.3, 0.4) is 0 Å². The highest BCUT2D eigenvalue weighted by Gasteiger charge is 2.57. The molecular weight excluding hydrogens is 272 g/mol. The Bertz CT molecular complexity index is 506. The summed E-state index contributed by atoms with van der Waals surface area (Å²) < 4.78 is 0. The van der Waals surface area contributed by atoms with Crippen LogP contribution >= 0.6 is 0 Å². The summed E-state index contributed by atoms with van der Waals surface area (Å²) in [5.41, 5.74) is 1.77. The summed E-state index contributed by atoms with van der Waals surface area (Å²) in [6, 6.07) is 0. The topological polar surface area (TPSA) is 37.0 Å². The molecule has 22 heavy (non-hydrogen) atoms. The quantitative estimate of drug-likeness (QED) is 0.699. The van der Waals surface area contributed by atoms with E-state index in [2.05, 4.69) is 6.92 Å². The molecule has 3 fully saturated rings. The lowest BCUT2D eigenvalue weighted by atomic mass is 9.51. The molecule has 0 spiro atoms. The molecule has 0 bridgehead atoms. The largest absolute Gasteiger partial charge is 0.295 e. The summed E-state index contributed by atoms with van der Waals surface area (Å²) in [7, 11) is 0. The van der Waals surface area contributed by atoms with Gasteiger partial charge in [0.15, 0.2) is 5.78 Å². The fourth-order valence-corrected chi connectivity index (χ4v) is 6.99. The Morgan fingerprint density at radius 3 is 2.68 bits per heavy atom. The highest BCUT2D eigenvalue weighted by atomic mass is 16.3. The predicted octanol–water partition coefficient (Wildman–Crippen LogP) is 4.56. The van der Waals surface area contributed by atoms with Gasteiger partial charge in [0.05, 0.1) is 6.10 Å². The van der Waals surface area contributed by atoms with Gasteiger partial charge in [0, 0.05) is 6.42 Å². The number of carbonyl (C=O) groups is 1. The molecule has 0 aromatic rings. The van der Waals surface area contributed by atoms with Crippen molar-refractivity contribution in [1.82, 2.24) is 0 Å². The summed E-state index contributed by atoms with van der Waals surface area (Å²) in [6.45, 7) is 4.31. The molecular formula is C20H29O2. The first kappa shape index (κ1) is 14.9. The number of rotatable bonds is 1. The van der Waals surface area contributed by atoms with Gasteiger partial charge < -0.3 is 0 Å². The molecule has 0 N–H and O–H groups in total. The Kier molecular flexibility index (Phi) is 3.52. The zero-order chi connectivity index (χ0) is 15.5. The molecule has 1 radical (unpaired) electrons. The normalized spacial score (nSPS) is 49.0. The van der Waals surface area contributed by atoms with Gasteiger partial charge in [-0.1, -0.05) is 12.5 Å². The first-order valence-corrected chi connectivity index (χ1v) is 9.40. The predicted molar refractivity (Wildman–Crippen MR) is 85.7 cm³/mol. The van der Waals surface area contributed by atoms with Gasteiger partial charge in [-0.05, 0) is 93.0 Å². The van der Waals surface area contributed by atoms with Crippen LogP contribution in [0.5, 0.6) is 0 Å². The molecule has 0 aromatic carbocycles. The zero-order valence-corrected chi connectivity index (χ0v) is 14.0. The molecule has 4 rings (SSSR count). The molecule has 0 saturated heterocycles. The van der Waals surface area contributed by atoms with E-state index in [1.54, 1.807) is 0 Å².